The average Bonchev–Trinajstić information content (AvgIpc) is 2.85. The minimum Gasteiger partial charge on any atom is -0.334 e. The van der Waals surface area contributed by atoms with E-state index < -0.39 is 0 Å². The molecule has 25 heavy (non-hydrogen) atoms. The van der Waals surface area contributed by atoms with Crippen molar-refractivity contribution in [3.8, 4) is 0 Å². The SMILES string of the molecule is CNSc1ccc(CNC(=O)N2CC(C)(C)c3nc(Br)ccc32)cc1. The third-order valence-electron chi connectivity index (χ3n) is 4.16. The van der Waals surface area contributed by atoms with Crippen LogP contribution in [0.4, 0.5) is 10.5 Å². The third kappa shape index (κ3) is 3.99. The van der Waals surface area contributed by atoms with Crippen LogP contribution in [0, 0.1) is 0 Å². The van der Waals surface area contributed by atoms with Crippen LogP contribution in [0.5, 0.6) is 0 Å². The molecule has 0 fully saturated rings. The van der Waals surface area contributed by atoms with Gasteiger partial charge in [-0.3, -0.25) is 9.62 Å². The second kappa shape index (κ2) is 7.35. The van der Waals surface area contributed by atoms with E-state index in [0.717, 1.165) is 26.4 Å². The van der Waals surface area contributed by atoms with E-state index in [1.807, 2.05) is 43.4 Å². The molecule has 5 nitrogen and oxygen atoms in total. The molecule has 1 aliphatic rings. The lowest BCUT2D eigenvalue weighted by molar-refractivity contribution is 0.245. The van der Waals surface area contributed by atoms with Crippen molar-refractivity contribution in [1.29, 1.82) is 0 Å². The number of aromatic nitrogens is 1. The molecule has 1 aromatic heterocycles. The van der Waals surface area contributed by atoms with Crippen LogP contribution in [0.1, 0.15) is 25.1 Å². The second-order valence-corrected chi connectivity index (χ2v) is 8.48. The summed E-state index contributed by atoms with van der Waals surface area (Å²) in [5.74, 6) is 0. The molecular weight excluding hydrogens is 400 g/mol. The van der Waals surface area contributed by atoms with Gasteiger partial charge in [-0.05, 0) is 64.8 Å². The summed E-state index contributed by atoms with van der Waals surface area (Å²) in [7, 11) is 1.89. The first-order valence-electron chi connectivity index (χ1n) is 8.05. The van der Waals surface area contributed by atoms with Gasteiger partial charge in [0.25, 0.3) is 0 Å². The molecule has 0 bridgehead atoms. The fourth-order valence-electron chi connectivity index (χ4n) is 2.95. The minimum absolute atomic E-state index is 0.0929. The fraction of sp³-hybridized carbons (Fsp3) is 0.333. The molecule has 0 saturated heterocycles. The van der Waals surface area contributed by atoms with E-state index >= 15 is 0 Å². The van der Waals surface area contributed by atoms with Gasteiger partial charge in [0, 0.05) is 23.4 Å². The largest absolute Gasteiger partial charge is 0.334 e. The third-order valence-corrected chi connectivity index (χ3v) is 5.31. The number of fused-ring (bicyclic) bond motifs is 1. The van der Waals surface area contributed by atoms with Crippen LogP contribution >= 0.6 is 27.9 Å². The zero-order valence-corrected chi connectivity index (χ0v) is 16.9. The highest BCUT2D eigenvalue weighted by atomic mass is 79.9. The zero-order valence-electron chi connectivity index (χ0n) is 14.5. The predicted molar refractivity (Wildman–Crippen MR) is 106 cm³/mol. The van der Waals surface area contributed by atoms with Gasteiger partial charge < -0.3 is 5.32 Å². The molecule has 0 saturated carbocycles. The number of amides is 2. The Bertz CT molecular complexity index is 779. The summed E-state index contributed by atoms with van der Waals surface area (Å²) < 4.78 is 3.84. The lowest BCUT2D eigenvalue weighted by atomic mass is 9.91. The van der Waals surface area contributed by atoms with Gasteiger partial charge in [-0.1, -0.05) is 26.0 Å². The van der Waals surface area contributed by atoms with Crippen LogP contribution < -0.4 is 14.9 Å². The van der Waals surface area contributed by atoms with Gasteiger partial charge >= 0.3 is 6.03 Å². The van der Waals surface area contributed by atoms with Crippen molar-refractivity contribution in [2.24, 2.45) is 0 Å². The van der Waals surface area contributed by atoms with Gasteiger partial charge in [0.1, 0.15) is 4.60 Å². The Labute approximate surface area is 160 Å². The molecule has 0 aliphatic carbocycles. The maximum atomic E-state index is 12.7. The lowest BCUT2D eigenvalue weighted by Gasteiger charge is -2.20. The Morgan fingerprint density at radius 3 is 2.68 bits per heavy atom. The van der Waals surface area contributed by atoms with Gasteiger partial charge in [0.15, 0.2) is 0 Å². The van der Waals surface area contributed by atoms with E-state index in [-0.39, 0.29) is 11.4 Å². The summed E-state index contributed by atoms with van der Waals surface area (Å²) in [6.45, 7) is 5.34. The smallest absolute Gasteiger partial charge is 0.322 e. The van der Waals surface area contributed by atoms with Gasteiger partial charge in [-0.25, -0.2) is 9.78 Å². The van der Waals surface area contributed by atoms with Crippen molar-refractivity contribution in [3.05, 3.63) is 52.3 Å². The fourth-order valence-corrected chi connectivity index (χ4v) is 3.76. The summed E-state index contributed by atoms with van der Waals surface area (Å²) in [6, 6.07) is 11.9. The summed E-state index contributed by atoms with van der Waals surface area (Å²) in [6.07, 6.45) is 0. The van der Waals surface area contributed by atoms with Gasteiger partial charge in [0.2, 0.25) is 0 Å². The number of urea groups is 1. The number of hydrogen-bond donors (Lipinski definition) is 2. The number of nitrogens with one attached hydrogen (secondary N) is 2. The Morgan fingerprint density at radius 2 is 2.00 bits per heavy atom. The molecule has 132 valence electrons. The number of anilines is 1. The monoisotopic (exact) mass is 420 g/mol. The number of pyridine rings is 1. The molecule has 2 N–H and O–H groups in total. The highest BCUT2D eigenvalue weighted by Gasteiger charge is 2.39. The first-order chi connectivity index (χ1) is 11.9. The molecule has 2 amide bonds. The maximum Gasteiger partial charge on any atom is 0.322 e. The van der Waals surface area contributed by atoms with Crippen LogP contribution in [0.2, 0.25) is 0 Å². The van der Waals surface area contributed by atoms with Crippen LogP contribution in [0.25, 0.3) is 0 Å². The molecule has 1 aliphatic heterocycles. The van der Waals surface area contributed by atoms with E-state index in [0.29, 0.717) is 13.1 Å². The van der Waals surface area contributed by atoms with E-state index in [9.17, 15) is 4.79 Å². The number of carbonyl (C=O) groups is 1. The number of halogens is 1. The minimum atomic E-state index is -0.164. The molecule has 2 aromatic rings. The molecule has 0 unspecified atom stereocenters. The van der Waals surface area contributed by atoms with Crippen LogP contribution in [-0.2, 0) is 12.0 Å². The van der Waals surface area contributed by atoms with Crippen molar-refractivity contribution in [2.75, 3.05) is 18.5 Å². The van der Waals surface area contributed by atoms with Crippen molar-refractivity contribution in [1.82, 2.24) is 15.0 Å². The highest BCUT2D eigenvalue weighted by Crippen LogP contribution is 2.39. The average molecular weight is 421 g/mol. The molecule has 0 atom stereocenters. The maximum absolute atomic E-state index is 12.7. The Balaban J connectivity index is 1.68. The van der Waals surface area contributed by atoms with Crippen LogP contribution in [0.15, 0.2) is 45.9 Å². The quantitative estimate of drug-likeness (QED) is 0.577. The molecule has 0 spiro atoms. The van der Waals surface area contributed by atoms with E-state index in [1.54, 1.807) is 16.8 Å². The van der Waals surface area contributed by atoms with Crippen molar-refractivity contribution >= 4 is 39.6 Å². The number of benzene rings is 1. The highest BCUT2D eigenvalue weighted by molar-refractivity contribution is 9.10. The van der Waals surface area contributed by atoms with E-state index in [1.165, 1.54) is 0 Å². The summed E-state index contributed by atoms with van der Waals surface area (Å²) >= 11 is 4.98. The standard InChI is InChI=1S/C18H21BrN4OS/c1-18(2)11-23(14-8-9-15(19)22-16(14)18)17(24)21-10-12-4-6-13(7-5-12)25-20-3/h4-9,20H,10-11H2,1-3H3,(H,21,24). The molecule has 2 heterocycles. The molecular formula is C18H21BrN4OS. The Morgan fingerprint density at radius 1 is 1.28 bits per heavy atom. The molecule has 3 rings (SSSR count). The summed E-state index contributed by atoms with van der Waals surface area (Å²) in [5, 5.41) is 3.01. The van der Waals surface area contributed by atoms with Crippen molar-refractivity contribution in [2.45, 2.75) is 30.7 Å². The number of nitrogens with zero attached hydrogens (tertiary/aromatic N) is 2. The van der Waals surface area contributed by atoms with Crippen molar-refractivity contribution < 1.29 is 4.79 Å². The van der Waals surface area contributed by atoms with Gasteiger partial charge in [-0.2, -0.15) is 0 Å². The first-order valence-corrected chi connectivity index (χ1v) is 9.66. The number of carbonyl (C=O) groups excluding carboxylic acids is 1. The zero-order chi connectivity index (χ0) is 18.0. The van der Waals surface area contributed by atoms with Crippen LogP contribution in [-0.4, -0.2) is 24.6 Å². The summed E-state index contributed by atoms with van der Waals surface area (Å²) in [4.78, 5) is 20.2. The topological polar surface area (TPSA) is 57.3 Å². The lowest BCUT2D eigenvalue weighted by Crippen LogP contribution is -2.41. The Kier molecular flexibility index (Phi) is 5.36. The van der Waals surface area contributed by atoms with Gasteiger partial charge in [-0.15, -0.1) is 0 Å². The summed E-state index contributed by atoms with van der Waals surface area (Å²) in [5.41, 5.74) is 2.74. The second-order valence-electron chi connectivity index (χ2n) is 6.58. The van der Waals surface area contributed by atoms with Crippen molar-refractivity contribution in [3.63, 3.8) is 0 Å². The van der Waals surface area contributed by atoms with Gasteiger partial charge in [0.05, 0.1) is 11.4 Å². The molecule has 1 aromatic carbocycles. The van der Waals surface area contributed by atoms with E-state index in [2.05, 4.69) is 44.8 Å². The number of hydrogen-bond acceptors (Lipinski definition) is 4. The normalized spacial score (nSPS) is 15.1. The van der Waals surface area contributed by atoms with Crippen LogP contribution in [0.3, 0.4) is 0 Å². The predicted octanol–water partition coefficient (Wildman–Crippen LogP) is 4.08. The molecule has 0 radical (unpaired) electrons. The van der Waals surface area contributed by atoms with E-state index in [4.69, 9.17) is 0 Å². The Hall–Kier alpha value is -1.57. The number of rotatable bonds is 4. The molecule has 7 heteroatoms. The first kappa shape index (κ1) is 18.2.